The van der Waals surface area contributed by atoms with Crippen LogP contribution in [0.25, 0.3) is 0 Å². The number of nitrogens with two attached hydrogens (primary N) is 1. The minimum absolute atomic E-state index is 0.0213. The minimum Gasteiger partial charge on any atom is -0.469 e. The molecule has 0 aliphatic rings. The lowest BCUT2D eigenvalue weighted by atomic mass is 10.1. The van der Waals surface area contributed by atoms with E-state index in [0.29, 0.717) is 24.3 Å². The van der Waals surface area contributed by atoms with Crippen LogP contribution < -0.4 is 5.73 Å². The lowest BCUT2D eigenvalue weighted by molar-refractivity contribution is 0.0743. The van der Waals surface area contributed by atoms with Crippen molar-refractivity contribution < 1.29 is 9.21 Å². The molecule has 2 N–H and O–H groups in total. The zero-order valence-electron chi connectivity index (χ0n) is 11.9. The lowest BCUT2D eigenvalue weighted by Crippen LogP contribution is -2.31. The standard InChI is InChI=1S/C16H20N2O2/c1-3-8-18(10-13-6-4-5-7-15(13)17)16(19)14-9-12(2)20-11-14/h4-7,9,11H,3,8,10,17H2,1-2H3. The molecule has 1 amide bonds. The van der Waals surface area contributed by atoms with Gasteiger partial charge in [0.25, 0.3) is 5.91 Å². The maximum Gasteiger partial charge on any atom is 0.257 e. The highest BCUT2D eigenvalue weighted by molar-refractivity contribution is 5.94. The number of para-hydroxylation sites is 1. The third kappa shape index (κ3) is 3.20. The largest absolute Gasteiger partial charge is 0.469 e. The molecule has 0 saturated carbocycles. The number of amides is 1. The molecule has 0 spiro atoms. The van der Waals surface area contributed by atoms with Crippen LogP contribution in [0.3, 0.4) is 0 Å². The van der Waals surface area contributed by atoms with Crippen molar-refractivity contribution >= 4 is 11.6 Å². The van der Waals surface area contributed by atoms with Crippen molar-refractivity contribution in [3.05, 3.63) is 53.5 Å². The van der Waals surface area contributed by atoms with Crippen molar-refractivity contribution in [2.75, 3.05) is 12.3 Å². The number of carbonyl (C=O) groups excluding carboxylic acids is 1. The summed E-state index contributed by atoms with van der Waals surface area (Å²) in [7, 11) is 0. The summed E-state index contributed by atoms with van der Waals surface area (Å²) in [5.74, 6) is 0.718. The van der Waals surface area contributed by atoms with Gasteiger partial charge in [0.1, 0.15) is 12.0 Å². The fourth-order valence-electron chi connectivity index (χ4n) is 2.14. The average Bonchev–Trinajstić information content (AvgIpc) is 2.86. The van der Waals surface area contributed by atoms with Gasteiger partial charge in [0.15, 0.2) is 0 Å². The zero-order chi connectivity index (χ0) is 14.5. The quantitative estimate of drug-likeness (QED) is 0.850. The number of nitrogen functional groups attached to an aromatic ring is 1. The Kier molecular flexibility index (Phi) is 4.45. The Bertz CT molecular complexity index is 590. The third-order valence-corrected chi connectivity index (χ3v) is 3.17. The normalized spacial score (nSPS) is 10.5. The van der Waals surface area contributed by atoms with E-state index in [0.717, 1.165) is 17.7 Å². The Morgan fingerprint density at radius 1 is 1.35 bits per heavy atom. The van der Waals surface area contributed by atoms with E-state index >= 15 is 0 Å². The highest BCUT2D eigenvalue weighted by atomic mass is 16.3. The summed E-state index contributed by atoms with van der Waals surface area (Å²) in [5.41, 5.74) is 8.22. The maximum atomic E-state index is 12.5. The number of aryl methyl sites for hydroxylation is 1. The van der Waals surface area contributed by atoms with Crippen molar-refractivity contribution in [3.63, 3.8) is 0 Å². The first-order valence-electron chi connectivity index (χ1n) is 6.79. The number of anilines is 1. The molecule has 2 aromatic rings. The summed E-state index contributed by atoms with van der Waals surface area (Å²) in [4.78, 5) is 14.3. The Hall–Kier alpha value is -2.23. The number of benzene rings is 1. The van der Waals surface area contributed by atoms with Gasteiger partial charge in [0.2, 0.25) is 0 Å². The Morgan fingerprint density at radius 3 is 2.70 bits per heavy atom. The predicted molar refractivity (Wildman–Crippen MR) is 79.3 cm³/mol. The van der Waals surface area contributed by atoms with Crippen molar-refractivity contribution in [1.82, 2.24) is 4.90 Å². The van der Waals surface area contributed by atoms with Crippen LogP contribution in [-0.4, -0.2) is 17.4 Å². The fourth-order valence-corrected chi connectivity index (χ4v) is 2.14. The van der Waals surface area contributed by atoms with Crippen LogP contribution >= 0.6 is 0 Å². The Morgan fingerprint density at radius 2 is 2.10 bits per heavy atom. The first-order valence-corrected chi connectivity index (χ1v) is 6.79. The smallest absolute Gasteiger partial charge is 0.257 e. The second-order valence-electron chi connectivity index (χ2n) is 4.87. The second kappa shape index (κ2) is 6.28. The van der Waals surface area contributed by atoms with E-state index in [2.05, 4.69) is 6.92 Å². The number of carbonyl (C=O) groups is 1. The van der Waals surface area contributed by atoms with E-state index in [4.69, 9.17) is 10.2 Å². The molecule has 4 heteroatoms. The number of hydrogen-bond acceptors (Lipinski definition) is 3. The van der Waals surface area contributed by atoms with Crippen LogP contribution in [0.2, 0.25) is 0 Å². The Balaban J connectivity index is 2.19. The van der Waals surface area contributed by atoms with Crippen LogP contribution in [0.1, 0.15) is 35.0 Å². The summed E-state index contributed by atoms with van der Waals surface area (Å²) in [6.45, 7) is 5.09. The number of hydrogen-bond donors (Lipinski definition) is 1. The molecule has 0 bridgehead atoms. The Labute approximate surface area is 119 Å². The number of furan rings is 1. The molecular formula is C16H20N2O2. The predicted octanol–water partition coefficient (Wildman–Crippen LogP) is 3.22. The van der Waals surface area contributed by atoms with E-state index in [9.17, 15) is 4.79 Å². The number of nitrogens with zero attached hydrogens (tertiary/aromatic N) is 1. The summed E-state index contributed by atoms with van der Waals surface area (Å²) < 4.78 is 5.22. The number of rotatable bonds is 5. The summed E-state index contributed by atoms with van der Waals surface area (Å²) in [6.07, 6.45) is 2.41. The van der Waals surface area contributed by atoms with Gasteiger partial charge in [-0.05, 0) is 31.0 Å². The van der Waals surface area contributed by atoms with Crippen LogP contribution in [0.15, 0.2) is 41.0 Å². The molecule has 0 saturated heterocycles. The molecule has 1 heterocycles. The zero-order valence-corrected chi connectivity index (χ0v) is 11.9. The van der Waals surface area contributed by atoms with Gasteiger partial charge in [-0.25, -0.2) is 0 Å². The van der Waals surface area contributed by atoms with E-state index in [1.807, 2.05) is 31.2 Å². The van der Waals surface area contributed by atoms with Crippen LogP contribution in [-0.2, 0) is 6.54 Å². The monoisotopic (exact) mass is 272 g/mol. The van der Waals surface area contributed by atoms with Gasteiger partial charge in [-0.1, -0.05) is 25.1 Å². The molecule has 0 fully saturated rings. The first kappa shape index (κ1) is 14.2. The van der Waals surface area contributed by atoms with Crippen molar-refractivity contribution in [1.29, 1.82) is 0 Å². The van der Waals surface area contributed by atoms with Crippen LogP contribution in [0.5, 0.6) is 0 Å². The maximum absolute atomic E-state index is 12.5. The van der Waals surface area contributed by atoms with Gasteiger partial charge in [-0.3, -0.25) is 4.79 Å². The van der Waals surface area contributed by atoms with Crippen LogP contribution in [0, 0.1) is 6.92 Å². The fraction of sp³-hybridized carbons (Fsp3) is 0.312. The summed E-state index contributed by atoms with van der Waals surface area (Å²) in [6, 6.07) is 9.39. The highest BCUT2D eigenvalue weighted by Crippen LogP contribution is 2.17. The van der Waals surface area contributed by atoms with Gasteiger partial charge in [-0.2, -0.15) is 0 Å². The van der Waals surface area contributed by atoms with Gasteiger partial charge in [0, 0.05) is 18.8 Å². The molecule has 20 heavy (non-hydrogen) atoms. The first-order chi connectivity index (χ1) is 9.61. The summed E-state index contributed by atoms with van der Waals surface area (Å²) in [5, 5.41) is 0. The topological polar surface area (TPSA) is 59.5 Å². The average molecular weight is 272 g/mol. The highest BCUT2D eigenvalue weighted by Gasteiger charge is 2.18. The van der Waals surface area contributed by atoms with E-state index in [-0.39, 0.29) is 5.91 Å². The molecular weight excluding hydrogens is 252 g/mol. The van der Waals surface area contributed by atoms with Crippen molar-refractivity contribution in [2.24, 2.45) is 0 Å². The van der Waals surface area contributed by atoms with Gasteiger partial charge in [0.05, 0.1) is 5.56 Å². The van der Waals surface area contributed by atoms with Gasteiger partial charge >= 0.3 is 0 Å². The second-order valence-corrected chi connectivity index (χ2v) is 4.87. The molecule has 0 aliphatic heterocycles. The van der Waals surface area contributed by atoms with Gasteiger partial charge < -0.3 is 15.1 Å². The lowest BCUT2D eigenvalue weighted by Gasteiger charge is -2.22. The molecule has 0 unspecified atom stereocenters. The molecule has 0 radical (unpaired) electrons. The van der Waals surface area contributed by atoms with Crippen molar-refractivity contribution in [2.45, 2.75) is 26.8 Å². The molecule has 2 rings (SSSR count). The molecule has 0 aliphatic carbocycles. The van der Waals surface area contributed by atoms with Crippen molar-refractivity contribution in [3.8, 4) is 0 Å². The van der Waals surface area contributed by atoms with E-state index < -0.39 is 0 Å². The molecule has 1 aromatic carbocycles. The minimum atomic E-state index is -0.0213. The molecule has 4 nitrogen and oxygen atoms in total. The summed E-state index contributed by atoms with van der Waals surface area (Å²) >= 11 is 0. The third-order valence-electron chi connectivity index (χ3n) is 3.17. The molecule has 1 aromatic heterocycles. The molecule has 106 valence electrons. The van der Waals surface area contributed by atoms with E-state index in [1.54, 1.807) is 11.0 Å². The molecule has 0 atom stereocenters. The van der Waals surface area contributed by atoms with Gasteiger partial charge in [-0.15, -0.1) is 0 Å². The van der Waals surface area contributed by atoms with Crippen LogP contribution in [0.4, 0.5) is 5.69 Å². The van der Waals surface area contributed by atoms with E-state index in [1.165, 1.54) is 6.26 Å². The SMILES string of the molecule is CCCN(Cc1ccccc1N)C(=O)c1coc(C)c1.